The number of rotatable bonds is 4. The van der Waals surface area contributed by atoms with Gasteiger partial charge in [-0.25, -0.2) is 0 Å². The van der Waals surface area contributed by atoms with Crippen LogP contribution in [0.5, 0.6) is 0 Å². The summed E-state index contributed by atoms with van der Waals surface area (Å²) in [6.45, 7) is 6.43. The Labute approximate surface area is 73.1 Å². The molecule has 64 valence electrons. The summed E-state index contributed by atoms with van der Waals surface area (Å²) in [6, 6.07) is 1.90. The van der Waals surface area contributed by atoms with Crippen molar-refractivity contribution in [3.8, 4) is 6.07 Å². The van der Waals surface area contributed by atoms with Crippen molar-refractivity contribution < 1.29 is 4.74 Å². The highest BCUT2D eigenvalue weighted by molar-refractivity contribution is 6.22. The molecule has 0 N–H and O–H groups in total. The predicted octanol–water partition coefficient (Wildman–Crippen LogP) is 2.18. The Morgan fingerprint density at radius 2 is 2.00 bits per heavy atom. The van der Waals surface area contributed by atoms with E-state index in [-0.39, 0.29) is 6.10 Å². The molecule has 0 aromatic rings. The minimum absolute atomic E-state index is 0.171. The summed E-state index contributed by atoms with van der Waals surface area (Å²) in [6.07, 6.45) is 0.171. The molecule has 0 rings (SSSR count). The third-order valence-corrected chi connectivity index (χ3v) is 1.81. The van der Waals surface area contributed by atoms with Gasteiger partial charge in [-0.05, 0) is 12.8 Å². The largest absolute Gasteiger partial charge is 0.376 e. The van der Waals surface area contributed by atoms with Gasteiger partial charge >= 0.3 is 0 Å². The molecule has 0 aliphatic heterocycles. The molecule has 0 spiro atoms. The Balaban J connectivity index is 3.47. The summed E-state index contributed by atoms with van der Waals surface area (Å²) >= 11 is 5.53. The highest BCUT2D eigenvalue weighted by Gasteiger charge is 2.09. The van der Waals surface area contributed by atoms with Crippen molar-refractivity contribution in [2.45, 2.75) is 32.3 Å². The van der Waals surface area contributed by atoms with Crippen molar-refractivity contribution >= 4 is 11.6 Å². The zero-order chi connectivity index (χ0) is 8.85. The minimum Gasteiger partial charge on any atom is -0.376 e. The average Bonchev–Trinajstić information content (AvgIpc) is 1.99. The van der Waals surface area contributed by atoms with Gasteiger partial charge in [0.2, 0.25) is 0 Å². The quantitative estimate of drug-likeness (QED) is 0.614. The fourth-order valence-electron chi connectivity index (χ4n) is 0.466. The number of nitrogens with zero attached hydrogens (tertiary/aromatic N) is 1. The topological polar surface area (TPSA) is 33.0 Å². The van der Waals surface area contributed by atoms with Gasteiger partial charge in [0.25, 0.3) is 0 Å². The predicted molar refractivity (Wildman–Crippen MR) is 45.5 cm³/mol. The SMILES string of the molecule is CC(C)C(C)OCC(Cl)C#N. The zero-order valence-electron chi connectivity index (χ0n) is 7.17. The molecule has 0 aromatic heterocycles. The lowest BCUT2D eigenvalue weighted by Gasteiger charge is -2.16. The molecule has 3 heteroatoms. The van der Waals surface area contributed by atoms with Crippen molar-refractivity contribution in [1.29, 1.82) is 5.26 Å². The van der Waals surface area contributed by atoms with Crippen LogP contribution in [0.1, 0.15) is 20.8 Å². The van der Waals surface area contributed by atoms with Gasteiger partial charge in [-0.2, -0.15) is 5.26 Å². The van der Waals surface area contributed by atoms with Gasteiger partial charge < -0.3 is 4.74 Å². The molecule has 0 aliphatic carbocycles. The van der Waals surface area contributed by atoms with E-state index >= 15 is 0 Å². The van der Waals surface area contributed by atoms with Crippen LogP contribution in [0.4, 0.5) is 0 Å². The first-order valence-corrected chi connectivity index (χ1v) is 4.16. The molecule has 0 fully saturated rings. The molecule has 2 atom stereocenters. The molecule has 0 aliphatic rings. The number of nitriles is 1. The molecule has 0 heterocycles. The number of alkyl halides is 1. The molecule has 2 nitrogen and oxygen atoms in total. The lowest BCUT2D eigenvalue weighted by atomic mass is 10.1. The van der Waals surface area contributed by atoms with E-state index < -0.39 is 5.38 Å². The summed E-state index contributed by atoms with van der Waals surface area (Å²) < 4.78 is 5.30. The van der Waals surface area contributed by atoms with Crippen LogP contribution < -0.4 is 0 Å². The number of ether oxygens (including phenoxy) is 1. The van der Waals surface area contributed by atoms with E-state index in [4.69, 9.17) is 21.6 Å². The van der Waals surface area contributed by atoms with E-state index in [2.05, 4.69) is 13.8 Å². The third-order valence-electron chi connectivity index (χ3n) is 1.58. The number of hydrogen-bond acceptors (Lipinski definition) is 2. The number of halogens is 1. The van der Waals surface area contributed by atoms with E-state index in [1.165, 1.54) is 0 Å². The lowest BCUT2D eigenvalue weighted by Crippen LogP contribution is -2.19. The van der Waals surface area contributed by atoms with Gasteiger partial charge in [0.15, 0.2) is 0 Å². The Kier molecular flexibility index (Phi) is 5.27. The summed E-state index contributed by atoms with van der Waals surface area (Å²) in [5, 5.41) is 7.81. The highest BCUT2D eigenvalue weighted by Crippen LogP contribution is 2.06. The van der Waals surface area contributed by atoms with Crippen molar-refractivity contribution in [3.63, 3.8) is 0 Å². The maximum absolute atomic E-state index is 8.32. The highest BCUT2D eigenvalue weighted by atomic mass is 35.5. The van der Waals surface area contributed by atoms with Gasteiger partial charge in [0, 0.05) is 0 Å². The maximum atomic E-state index is 8.32. The van der Waals surface area contributed by atoms with Crippen LogP contribution in [-0.2, 0) is 4.74 Å². The molecule has 11 heavy (non-hydrogen) atoms. The molecular formula is C8H14ClNO. The summed E-state index contributed by atoms with van der Waals surface area (Å²) in [5.41, 5.74) is 0. The second-order valence-electron chi connectivity index (χ2n) is 2.88. The summed E-state index contributed by atoms with van der Waals surface area (Å²) in [4.78, 5) is 0. The van der Waals surface area contributed by atoms with Crippen LogP contribution in [-0.4, -0.2) is 18.1 Å². The first-order chi connectivity index (χ1) is 5.07. The molecule has 0 amide bonds. The van der Waals surface area contributed by atoms with Gasteiger partial charge in [-0.15, -0.1) is 11.6 Å². The zero-order valence-corrected chi connectivity index (χ0v) is 7.93. The fraction of sp³-hybridized carbons (Fsp3) is 0.875. The molecule has 0 bridgehead atoms. The van der Waals surface area contributed by atoms with Crippen LogP contribution in [0.15, 0.2) is 0 Å². The van der Waals surface area contributed by atoms with Crippen LogP contribution in [0.25, 0.3) is 0 Å². The van der Waals surface area contributed by atoms with Crippen molar-refractivity contribution in [3.05, 3.63) is 0 Å². The number of hydrogen-bond donors (Lipinski definition) is 0. The van der Waals surface area contributed by atoms with Gasteiger partial charge in [-0.3, -0.25) is 0 Å². The second-order valence-corrected chi connectivity index (χ2v) is 3.41. The van der Waals surface area contributed by atoms with Crippen LogP contribution in [0.2, 0.25) is 0 Å². The molecule has 0 radical (unpaired) electrons. The van der Waals surface area contributed by atoms with Crippen LogP contribution in [0.3, 0.4) is 0 Å². The van der Waals surface area contributed by atoms with E-state index in [9.17, 15) is 0 Å². The average molecular weight is 176 g/mol. The van der Waals surface area contributed by atoms with Crippen LogP contribution in [0, 0.1) is 17.2 Å². The first-order valence-electron chi connectivity index (χ1n) is 3.73. The van der Waals surface area contributed by atoms with Gasteiger partial charge in [0.05, 0.1) is 18.8 Å². The van der Waals surface area contributed by atoms with E-state index in [0.29, 0.717) is 12.5 Å². The fourth-order valence-corrected chi connectivity index (χ4v) is 0.539. The normalized spacial score (nSPS) is 16.0. The van der Waals surface area contributed by atoms with Crippen molar-refractivity contribution in [2.75, 3.05) is 6.61 Å². The second kappa shape index (κ2) is 5.40. The third kappa shape index (κ3) is 5.06. The Morgan fingerprint density at radius 3 is 2.36 bits per heavy atom. The standard InChI is InChI=1S/C8H14ClNO/c1-6(2)7(3)11-5-8(9)4-10/h6-8H,5H2,1-3H3. The smallest absolute Gasteiger partial charge is 0.143 e. The Hall–Kier alpha value is -0.260. The van der Waals surface area contributed by atoms with E-state index in [0.717, 1.165) is 0 Å². The molecule has 0 saturated carbocycles. The van der Waals surface area contributed by atoms with Crippen molar-refractivity contribution in [2.24, 2.45) is 5.92 Å². The Bertz CT molecular complexity index is 142. The van der Waals surface area contributed by atoms with E-state index in [1.54, 1.807) is 0 Å². The monoisotopic (exact) mass is 175 g/mol. The van der Waals surface area contributed by atoms with Crippen molar-refractivity contribution in [1.82, 2.24) is 0 Å². The molecule has 0 saturated heterocycles. The Morgan fingerprint density at radius 1 is 1.45 bits per heavy atom. The van der Waals surface area contributed by atoms with Gasteiger partial charge in [-0.1, -0.05) is 13.8 Å². The van der Waals surface area contributed by atoms with E-state index in [1.807, 2.05) is 13.0 Å². The van der Waals surface area contributed by atoms with Gasteiger partial charge in [0.1, 0.15) is 5.38 Å². The minimum atomic E-state index is -0.517. The summed E-state index contributed by atoms with van der Waals surface area (Å²) in [7, 11) is 0. The lowest BCUT2D eigenvalue weighted by molar-refractivity contribution is 0.0402. The maximum Gasteiger partial charge on any atom is 0.143 e. The molecule has 0 aromatic carbocycles. The first kappa shape index (κ1) is 10.7. The molecular weight excluding hydrogens is 162 g/mol. The van der Waals surface area contributed by atoms with Crippen LogP contribution >= 0.6 is 11.6 Å². The molecule has 2 unspecified atom stereocenters. The summed E-state index contributed by atoms with van der Waals surface area (Å²) in [5.74, 6) is 0.470.